The van der Waals surface area contributed by atoms with Gasteiger partial charge in [-0.2, -0.15) is 0 Å². The fraction of sp³-hybridized carbons (Fsp3) is 0.706. The lowest BCUT2D eigenvalue weighted by atomic mass is 9.91. The molecule has 0 spiro atoms. The summed E-state index contributed by atoms with van der Waals surface area (Å²) in [4.78, 5) is 27.7. The summed E-state index contributed by atoms with van der Waals surface area (Å²) in [6.45, 7) is 7.35. The molecule has 0 bridgehead atoms. The first-order valence-electron chi connectivity index (χ1n) is 8.80. The van der Waals surface area contributed by atoms with Crippen molar-refractivity contribution in [3.05, 3.63) is 17.5 Å². The Hall–Kier alpha value is -1.69. The summed E-state index contributed by atoms with van der Waals surface area (Å²) in [5, 5.41) is 0. The lowest BCUT2D eigenvalue weighted by Gasteiger charge is -2.43. The Balaban J connectivity index is 1.41. The van der Waals surface area contributed by atoms with E-state index < -0.39 is 0 Å². The van der Waals surface area contributed by atoms with Crippen LogP contribution in [0.4, 0.5) is 5.95 Å². The molecule has 6 nitrogen and oxygen atoms in total. The molecule has 1 saturated carbocycles. The summed E-state index contributed by atoms with van der Waals surface area (Å²) in [6.07, 6.45) is 6.91. The van der Waals surface area contributed by atoms with Crippen molar-refractivity contribution in [3.63, 3.8) is 0 Å². The number of hydrogen-bond acceptors (Lipinski definition) is 5. The van der Waals surface area contributed by atoms with Crippen LogP contribution in [0, 0.1) is 0 Å². The van der Waals surface area contributed by atoms with Crippen molar-refractivity contribution in [2.45, 2.75) is 45.2 Å². The van der Waals surface area contributed by atoms with Crippen molar-refractivity contribution in [1.29, 1.82) is 0 Å². The zero-order valence-electron chi connectivity index (χ0n) is 13.9. The molecule has 0 radical (unpaired) electrons. The second-order valence-electron chi connectivity index (χ2n) is 6.94. The molecule has 23 heavy (non-hydrogen) atoms. The molecule has 3 aliphatic rings. The van der Waals surface area contributed by atoms with Crippen molar-refractivity contribution < 1.29 is 4.79 Å². The second kappa shape index (κ2) is 6.07. The van der Waals surface area contributed by atoms with E-state index in [0.29, 0.717) is 6.54 Å². The molecule has 1 aliphatic carbocycles. The van der Waals surface area contributed by atoms with Gasteiger partial charge in [0.05, 0.1) is 5.69 Å². The lowest BCUT2D eigenvalue weighted by molar-refractivity contribution is -0.129. The highest BCUT2D eigenvalue weighted by Gasteiger charge is 2.29. The minimum absolute atomic E-state index is 0.131. The molecule has 0 unspecified atom stereocenters. The zero-order valence-corrected chi connectivity index (χ0v) is 13.9. The minimum Gasteiger partial charge on any atom is -0.338 e. The molecule has 1 aromatic rings. The first-order valence-corrected chi connectivity index (χ1v) is 8.80. The Labute approximate surface area is 137 Å². The van der Waals surface area contributed by atoms with E-state index >= 15 is 0 Å². The molecule has 124 valence electrons. The van der Waals surface area contributed by atoms with Crippen molar-refractivity contribution in [2.75, 3.05) is 37.6 Å². The number of anilines is 1. The van der Waals surface area contributed by atoms with E-state index in [9.17, 15) is 4.79 Å². The Morgan fingerprint density at radius 2 is 1.96 bits per heavy atom. The Morgan fingerprint density at radius 1 is 1.17 bits per heavy atom. The highest BCUT2D eigenvalue weighted by Crippen LogP contribution is 2.26. The maximum atomic E-state index is 11.5. The largest absolute Gasteiger partial charge is 0.338 e. The Morgan fingerprint density at radius 3 is 2.61 bits per heavy atom. The average Bonchev–Trinajstić information content (AvgIpc) is 2.53. The first kappa shape index (κ1) is 14.9. The van der Waals surface area contributed by atoms with Gasteiger partial charge < -0.3 is 9.80 Å². The van der Waals surface area contributed by atoms with Crippen molar-refractivity contribution in [2.24, 2.45) is 0 Å². The number of aromatic nitrogens is 2. The number of rotatable bonds is 2. The topological polar surface area (TPSA) is 52.6 Å². The molecular weight excluding hydrogens is 290 g/mol. The predicted octanol–water partition coefficient (Wildman–Crippen LogP) is 1.06. The number of nitrogens with zero attached hydrogens (tertiary/aromatic N) is 5. The quantitative estimate of drug-likeness (QED) is 0.817. The van der Waals surface area contributed by atoms with Gasteiger partial charge in [-0.3, -0.25) is 9.69 Å². The van der Waals surface area contributed by atoms with E-state index in [2.05, 4.69) is 14.8 Å². The number of carbonyl (C=O) groups excluding carboxylic acids is 1. The van der Waals surface area contributed by atoms with Gasteiger partial charge in [0.2, 0.25) is 11.9 Å². The third-order valence-corrected chi connectivity index (χ3v) is 5.55. The summed E-state index contributed by atoms with van der Waals surface area (Å²) in [7, 11) is 0. The van der Waals surface area contributed by atoms with Gasteiger partial charge >= 0.3 is 0 Å². The van der Waals surface area contributed by atoms with Gasteiger partial charge in [-0.25, -0.2) is 9.97 Å². The van der Waals surface area contributed by atoms with Crippen LogP contribution in [0.25, 0.3) is 0 Å². The molecule has 1 amide bonds. The monoisotopic (exact) mass is 315 g/mol. The standard InChI is InChI=1S/C17H25N5O/c1-13(23)22-6-5-16-14(12-22)11-18-17(19-16)21-9-7-20(8-10-21)15-3-2-4-15/h11,15H,2-10,12H2,1H3. The lowest BCUT2D eigenvalue weighted by Crippen LogP contribution is -2.52. The Kier molecular flexibility index (Phi) is 3.93. The van der Waals surface area contributed by atoms with Crippen LogP contribution in [0.2, 0.25) is 0 Å². The third kappa shape index (κ3) is 2.92. The van der Waals surface area contributed by atoms with Gasteiger partial charge in [0.25, 0.3) is 0 Å². The second-order valence-corrected chi connectivity index (χ2v) is 6.94. The number of fused-ring (bicyclic) bond motifs is 1. The molecule has 1 aromatic heterocycles. The maximum absolute atomic E-state index is 11.5. The van der Waals surface area contributed by atoms with Crippen molar-refractivity contribution >= 4 is 11.9 Å². The molecule has 4 rings (SSSR count). The van der Waals surface area contributed by atoms with E-state index in [1.807, 2.05) is 11.1 Å². The van der Waals surface area contributed by atoms with Crippen molar-refractivity contribution in [3.8, 4) is 0 Å². The molecule has 6 heteroatoms. The summed E-state index contributed by atoms with van der Waals surface area (Å²) in [5.41, 5.74) is 2.22. The molecule has 2 aliphatic heterocycles. The molecule has 0 atom stereocenters. The SMILES string of the molecule is CC(=O)N1CCc2nc(N3CCN(C4CCC4)CC3)ncc2C1. The van der Waals surface area contributed by atoms with Crippen molar-refractivity contribution in [1.82, 2.24) is 19.8 Å². The van der Waals surface area contributed by atoms with Gasteiger partial charge in [-0.1, -0.05) is 6.42 Å². The third-order valence-electron chi connectivity index (χ3n) is 5.55. The van der Waals surface area contributed by atoms with Crippen LogP contribution in [-0.4, -0.2) is 64.4 Å². The van der Waals surface area contributed by atoms with Gasteiger partial charge in [-0.15, -0.1) is 0 Å². The number of amides is 1. The Bertz CT molecular complexity index is 593. The highest BCUT2D eigenvalue weighted by molar-refractivity contribution is 5.73. The minimum atomic E-state index is 0.131. The van der Waals surface area contributed by atoms with Crippen LogP contribution in [0.3, 0.4) is 0 Å². The summed E-state index contributed by atoms with van der Waals surface area (Å²) in [5.74, 6) is 1.00. The molecule has 3 heterocycles. The maximum Gasteiger partial charge on any atom is 0.225 e. The van der Waals surface area contributed by atoms with E-state index in [-0.39, 0.29) is 5.91 Å². The average molecular weight is 315 g/mol. The smallest absolute Gasteiger partial charge is 0.225 e. The fourth-order valence-corrected chi connectivity index (χ4v) is 3.77. The molecular formula is C17H25N5O. The normalized spacial score (nSPS) is 22.7. The van der Waals surface area contributed by atoms with E-state index in [0.717, 1.165) is 62.4 Å². The van der Waals surface area contributed by atoms with E-state index in [1.165, 1.54) is 19.3 Å². The van der Waals surface area contributed by atoms with Crippen LogP contribution in [0.5, 0.6) is 0 Å². The van der Waals surface area contributed by atoms with Gasteiger partial charge in [0.15, 0.2) is 0 Å². The number of carbonyl (C=O) groups is 1. The first-order chi connectivity index (χ1) is 11.2. The summed E-state index contributed by atoms with van der Waals surface area (Å²) < 4.78 is 0. The molecule has 0 N–H and O–H groups in total. The highest BCUT2D eigenvalue weighted by atomic mass is 16.2. The van der Waals surface area contributed by atoms with E-state index in [1.54, 1.807) is 6.92 Å². The summed E-state index contributed by atoms with van der Waals surface area (Å²) in [6, 6.07) is 0.833. The summed E-state index contributed by atoms with van der Waals surface area (Å²) >= 11 is 0. The predicted molar refractivity (Wildman–Crippen MR) is 88.3 cm³/mol. The number of piperazine rings is 1. The molecule has 1 saturated heterocycles. The van der Waals surface area contributed by atoms with Gasteiger partial charge in [-0.05, 0) is 12.8 Å². The number of hydrogen-bond donors (Lipinski definition) is 0. The van der Waals surface area contributed by atoms with Gasteiger partial charge in [0.1, 0.15) is 0 Å². The van der Waals surface area contributed by atoms with Crippen LogP contribution >= 0.6 is 0 Å². The van der Waals surface area contributed by atoms with Crippen LogP contribution in [0.1, 0.15) is 37.4 Å². The fourth-order valence-electron chi connectivity index (χ4n) is 3.77. The molecule has 2 fully saturated rings. The van der Waals surface area contributed by atoms with Crippen LogP contribution in [0.15, 0.2) is 6.20 Å². The van der Waals surface area contributed by atoms with E-state index in [4.69, 9.17) is 4.98 Å². The zero-order chi connectivity index (χ0) is 15.8. The van der Waals surface area contributed by atoms with Gasteiger partial charge in [0, 0.05) is 70.4 Å². The molecule has 0 aromatic carbocycles. The van der Waals surface area contributed by atoms with Crippen LogP contribution in [-0.2, 0) is 17.8 Å². The van der Waals surface area contributed by atoms with Crippen LogP contribution < -0.4 is 4.90 Å².